The predicted molar refractivity (Wildman–Crippen MR) is 98.2 cm³/mol. The first-order valence-corrected chi connectivity index (χ1v) is 9.06. The van der Waals surface area contributed by atoms with E-state index in [-0.39, 0.29) is 29.5 Å². The minimum absolute atomic E-state index is 0.0174. The van der Waals surface area contributed by atoms with Gasteiger partial charge in [0.15, 0.2) is 0 Å². The summed E-state index contributed by atoms with van der Waals surface area (Å²) in [7, 11) is 0. The van der Waals surface area contributed by atoms with E-state index in [1.165, 1.54) is 0 Å². The van der Waals surface area contributed by atoms with E-state index in [1.807, 2.05) is 0 Å². The topological polar surface area (TPSA) is 97.5 Å². The number of hydrogen-bond donors (Lipinski definition) is 2. The van der Waals surface area contributed by atoms with Gasteiger partial charge in [-0.15, -0.1) is 12.3 Å². The molecule has 2 aliphatic carbocycles. The highest BCUT2D eigenvalue weighted by Gasteiger charge is 2.57. The molecule has 1 atom stereocenters. The van der Waals surface area contributed by atoms with Crippen LogP contribution in [0.5, 0.6) is 5.88 Å². The van der Waals surface area contributed by atoms with Gasteiger partial charge in [-0.25, -0.2) is 4.98 Å². The molecular formula is C20H22N4O3. The maximum absolute atomic E-state index is 12.5. The SMILES string of the molecule is C#CCC1NC(=C)N(C2CC3(CC(Oc4ncccc4C(N)=O)C3)C2)C1=O. The van der Waals surface area contributed by atoms with Crippen LogP contribution in [0, 0.1) is 17.8 Å². The molecule has 3 aliphatic rings. The summed E-state index contributed by atoms with van der Waals surface area (Å²) in [6, 6.07) is 3.08. The summed E-state index contributed by atoms with van der Waals surface area (Å²) in [6.07, 6.45) is 10.9. The molecule has 0 aromatic carbocycles. The predicted octanol–water partition coefficient (Wildman–Crippen LogP) is 1.17. The third kappa shape index (κ3) is 2.91. The van der Waals surface area contributed by atoms with Crippen LogP contribution in [0.25, 0.3) is 0 Å². The van der Waals surface area contributed by atoms with Crippen LogP contribution in [0.1, 0.15) is 42.5 Å². The van der Waals surface area contributed by atoms with Crippen LogP contribution in [0.3, 0.4) is 0 Å². The maximum atomic E-state index is 12.5. The number of nitrogens with zero attached hydrogens (tertiary/aromatic N) is 2. The fourth-order valence-electron chi connectivity index (χ4n) is 4.57. The first kappa shape index (κ1) is 17.4. The first-order valence-electron chi connectivity index (χ1n) is 9.06. The zero-order valence-corrected chi connectivity index (χ0v) is 15.0. The number of carbonyl (C=O) groups is 2. The Kier molecular flexibility index (Phi) is 4.06. The quantitative estimate of drug-likeness (QED) is 0.763. The Morgan fingerprint density at radius 3 is 2.89 bits per heavy atom. The molecule has 7 nitrogen and oxygen atoms in total. The Morgan fingerprint density at radius 1 is 1.48 bits per heavy atom. The molecule has 1 saturated heterocycles. The van der Waals surface area contributed by atoms with Crippen LogP contribution in [-0.4, -0.2) is 39.9 Å². The second-order valence-electron chi connectivity index (χ2n) is 7.69. The van der Waals surface area contributed by atoms with Crippen LogP contribution in [0.15, 0.2) is 30.7 Å². The van der Waals surface area contributed by atoms with Crippen molar-refractivity contribution in [2.75, 3.05) is 0 Å². The maximum Gasteiger partial charge on any atom is 0.254 e. The van der Waals surface area contributed by atoms with Gasteiger partial charge in [0.1, 0.15) is 23.5 Å². The second-order valence-corrected chi connectivity index (χ2v) is 7.69. The van der Waals surface area contributed by atoms with Gasteiger partial charge in [-0.2, -0.15) is 0 Å². The highest BCUT2D eigenvalue weighted by Crippen LogP contribution is 2.58. The molecule has 2 amide bonds. The monoisotopic (exact) mass is 366 g/mol. The molecule has 4 rings (SSSR count). The van der Waals surface area contributed by atoms with Gasteiger partial charge >= 0.3 is 0 Å². The van der Waals surface area contributed by atoms with Crippen molar-refractivity contribution in [2.45, 2.75) is 50.3 Å². The number of rotatable bonds is 5. The molecule has 27 heavy (non-hydrogen) atoms. The third-order valence-electron chi connectivity index (χ3n) is 5.83. The normalized spacial score (nSPS) is 31.7. The molecule has 1 spiro atoms. The van der Waals surface area contributed by atoms with Crippen molar-refractivity contribution in [3.05, 3.63) is 36.3 Å². The minimum Gasteiger partial charge on any atom is -0.474 e. The lowest BCUT2D eigenvalue weighted by atomic mass is 9.52. The van der Waals surface area contributed by atoms with Crippen molar-refractivity contribution in [3.63, 3.8) is 0 Å². The lowest BCUT2D eigenvalue weighted by Crippen LogP contribution is -2.59. The van der Waals surface area contributed by atoms with Gasteiger partial charge in [-0.05, 0) is 43.2 Å². The smallest absolute Gasteiger partial charge is 0.254 e. The van der Waals surface area contributed by atoms with Crippen LogP contribution in [0.2, 0.25) is 0 Å². The number of ether oxygens (including phenoxy) is 1. The fraction of sp³-hybridized carbons (Fsp3) is 0.450. The summed E-state index contributed by atoms with van der Waals surface area (Å²) >= 11 is 0. The third-order valence-corrected chi connectivity index (χ3v) is 5.83. The van der Waals surface area contributed by atoms with Crippen LogP contribution >= 0.6 is 0 Å². The summed E-state index contributed by atoms with van der Waals surface area (Å²) in [5.74, 6) is 2.94. The number of aromatic nitrogens is 1. The number of amides is 2. The van der Waals surface area contributed by atoms with Gasteiger partial charge in [0.05, 0.1) is 0 Å². The lowest BCUT2D eigenvalue weighted by Gasteiger charge is -2.58. The standard InChI is InChI=1S/C20H22N4O3/c1-3-5-16-19(26)24(12(2)23-16)13-8-20(9-13)10-14(11-20)27-18-15(17(21)25)6-4-7-22-18/h1,4,6-7,13-14,16,23H,2,5,8-11H2,(H2,21,25). The molecule has 3 N–H and O–H groups in total. The number of nitrogens with two attached hydrogens (primary N) is 1. The molecular weight excluding hydrogens is 344 g/mol. The molecule has 7 heteroatoms. The second kappa shape index (κ2) is 6.31. The van der Waals surface area contributed by atoms with Crippen LogP contribution in [-0.2, 0) is 4.79 Å². The van der Waals surface area contributed by atoms with E-state index in [0.29, 0.717) is 23.7 Å². The summed E-state index contributed by atoms with van der Waals surface area (Å²) in [4.78, 5) is 29.9. The van der Waals surface area contributed by atoms with Gasteiger partial charge in [-0.3, -0.25) is 14.5 Å². The van der Waals surface area contributed by atoms with Gasteiger partial charge in [0.25, 0.3) is 11.8 Å². The molecule has 3 fully saturated rings. The number of carbonyl (C=O) groups excluding carboxylic acids is 2. The van der Waals surface area contributed by atoms with E-state index in [4.69, 9.17) is 16.9 Å². The van der Waals surface area contributed by atoms with Gasteiger partial charge in [-0.1, -0.05) is 6.58 Å². The Labute approximate surface area is 158 Å². The van der Waals surface area contributed by atoms with Crippen molar-refractivity contribution in [1.29, 1.82) is 0 Å². The Bertz CT molecular complexity index is 845. The lowest BCUT2D eigenvalue weighted by molar-refractivity contribution is -0.142. The first-order chi connectivity index (χ1) is 12.9. The molecule has 0 bridgehead atoms. The highest BCUT2D eigenvalue weighted by atomic mass is 16.5. The van der Waals surface area contributed by atoms with Crippen molar-refractivity contribution < 1.29 is 14.3 Å². The van der Waals surface area contributed by atoms with Crippen molar-refractivity contribution in [1.82, 2.24) is 15.2 Å². The minimum atomic E-state index is -0.545. The molecule has 140 valence electrons. The zero-order valence-electron chi connectivity index (χ0n) is 15.0. The molecule has 1 unspecified atom stereocenters. The summed E-state index contributed by atoms with van der Waals surface area (Å²) in [5.41, 5.74) is 5.86. The van der Waals surface area contributed by atoms with Gasteiger partial charge < -0.3 is 15.8 Å². The Morgan fingerprint density at radius 2 is 2.22 bits per heavy atom. The van der Waals surface area contributed by atoms with Gasteiger partial charge in [0.2, 0.25) is 5.88 Å². The summed E-state index contributed by atoms with van der Waals surface area (Å²) in [6.45, 7) is 3.96. The molecule has 1 aromatic heterocycles. The van der Waals surface area contributed by atoms with E-state index in [1.54, 1.807) is 23.2 Å². The van der Waals surface area contributed by atoms with E-state index in [9.17, 15) is 9.59 Å². The molecule has 2 heterocycles. The zero-order chi connectivity index (χ0) is 19.2. The van der Waals surface area contributed by atoms with Crippen LogP contribution in [0.4, 0.5) is 0 Å². The van der Waals surface area contributed by atoms with E-state index in [2.05, 4.69) is 22.8 Å². The van der Waals surface area contributed by atoms with Crippen LogP contribution < -0.4 is 15.8 Å². The number of hydrogen-bond acceptors (Lipinski definition) is 5. The van der Waals surface area contributed by atoms with Crippen molar-refractivity contribution in [2.24, 2.45) is 11.1 Å². The summed E-state index contributed by atoms with van der Waals surface area (Å²) < 4.78 is 5.88. The number of nitrogens with one attached hydrogen (secondary N) is 1. The Hall–Kier alpha value is -3.01. The number of terminal acetylenes is 1. The average Bonchev–Trinajstić information content (AvgIpc) is 2.83. The fourth-order valence-corrected chi connectivity index (χ4v) is 4.57. The molecule has 2 saturated carbocycles. The van der Waals surface area contributed by atoms with Crippen molar-refractivity contribution >= 4 is 11.8 Å². The largest absolute Gasteiger partial charge is 0.474 e. The number of primary amides is 1. The van der Waals surface area contributed by atoms with E-state index >= 15 is 0 Å². The van der Waals surface area contributed by atoms with E-state index in [0.717, 1.165) is 25.7 Å². The number of pyridine rings is 1. The molecule has 1 aliphatic heterocycles. The van der Waals surface area contributed by atoms with Gasteiger partial charge in [0, 0.05) is 18.7 Å². The molecule has 1 aromatic rings. The summed E-state index contributed by atoms with van der Waals surface area (Å²) in [5, 5.41) is 3.09. The Balaban J connectivity index is 1.32. The highest BCUT2D eigenvalue weighted by molar-refractivity contribution is 5.94. The average molecular weight is 366 g/mol. The van der Waals surface area contributed by atoms with E-state index < -0.39 is 5.91 Å². The molecule has 0 radical (unpaired) electrons. The van der Waals surface area contributed by atoms with Crippen molar-refractivity contribution in [3.8, 4) is 18.2 Å².